The maximum Gasteiger partial charge on any atom is 0.313 e. The van der Waals surface area contributed by atoms with E-state index in [4.69, 9.17) is 0 Å². The number of hydrogen-bond acceptors (Lipinski definition) is 4. The Morgan fingerprint density at radius 1 is 1.09 bits per heavy atom. The number of carboxylic acid groups (broad SMARTS) is 1. The molecular formula is C29H36FN3O2. The first kappa shape index (κ1) is 26.4. The fourth-order valence-corrected chi connectivity index (χ4v) is 4.20. The Balaban J connectivity index is 1.84. The van der Waals surface area contributed by atoms with Crippen LogP contribution in [0.15, 0.2) is 66.9 Å². The Hall–Kier alpha value is -3.25. The highest BCUT2D eigenvalue weighted by Gasteiger charge is 2.30. The summed E-state index contributed by atoms with van der Waals surface area (Å²) in [4.78, 5) is 16.2. The third kappa shape index (κ3) is 6.45. The second-order valence-electron chi connectivity index (χ2n) is 9.73. The lowest BCUT2D eigenvalue weighted by Gasteiger charge is -2.31. The van der Waals surface area contributed by atoms with E-state index in [9.17, 15) is 14.3 Å². The molecule has 3 rings (SSSR count). The zero-order chi connectivity index (χ0) is 25.6. The highest BCUT2D eigenvalue weighted by Crippen LogP contribution is 2.28. The number of carboxylic acids is 1. The predicted molar refractivity (Wildman–Crippen MR) is 139 cm³/mol. The van der Waals surface area contributed by atoms with E-state index < -0.39 is 11.4 Å². The molecule has 0 saturated heterocycles. The minimum Gasteiger partial charge on any atom is -0.481 e. The molecule has 186 valence electrons. The second kappa shape index (κ2) is 11.5. The van der Waals surface area contributed by atoms with Gasteiger partial charge in [-0.3, -0.25) is 4.79 Å². The number of halogens is 1. The van der Waals surface area contributed by atoms with E-state index in [1.165, 1.54) is 6.07 Å². The number of pyridine rings is 1. The van der Waals surface area contributed by atoms with Gasteiger partial charge in [0.2, 0.25) is 0 Å². The Morgan fingerprint density at radius 3 is 2.46 bits per heavy atom. The van der Waals surface area contributed by atoms with Crippen molar-refractivity contribution in [3.63, 3.8) is 0 Å². The van der Waals surface area contributed by atoms with Crippen molar-refractivity contribution in [3.05, 3.63) is 94.9 Å². The van der Waals surface area contributed by atoms with E-state index in [-0.39, 0.29) is 23.8 Å². The van der Waals surface area contributed by atoms with Gasteiger partial charge in [0.25, 0.3) is 0 Å². The summed E-state index contributed by atoms with van der Waals surface area (Å²) < 4.78 is 14.2. The van der Waals surface area contributed by atoms with E-state index in [1.54, 1.807) is 32.2 Å². The van der Waals surface area contributed by atoms with Crippen molar-refractivity contribution in [2.75, 3.05) is 11.9 Å². The van der Waals surface area contributed by atoms with E-state index in [2.05, 4.69) is 29.5 Å². The molecule has 35 heavy (non-hydrogen) atoms. The zero-order valence-corrected chi connectivity index (χ0v) is 21.2. The van der Waals surface area contributed by atoms with Crippen LogP contribution in [-0.4, -0.2) is 28.6 Å². The molecule has 1 aromatic heterocycles. The first-order valence-corrected chi connectivity index (χ1v) is 12.1. The molecule has 3 N–H and O–H groups in total. The van der Waals surface area contributed by atoms with Crippen molar-refractivity contribution in [3.8, 4) is 0 Å². The Bertz CT molecular complexity index is 1150. The lowest BCUT2D eigenvalue weighted by atomic mass is 9.83. The van der Waals surface area contributed by atoms with Gasteiger partial charge in [0.15, 0.2) is 0 Å². The topological polar surface area (TPSA) is 74.2 Å². The lowest BCUT2D eigenvalue weighted by molar-refractivity contribution is -0.142. The molecule has 2 aromatic carbocycles. The molecule has 0 aliphatic heterocycles. The molecule has 1 heterocycles. The number of aliphatic carboxylic acids is 1. The summed E-state index contributed by atoms with van der Waals surface area (Å²) in [5.74, 6) is -0.188. The summed E-state index contributed by atoms with van der Waals surface area (Å²) in [6, 6.07) is 18.2. The number of benzene rings is 2. The fraction of sp³-hybridized carbons (Fsp3) is 0.379. The van der Waals surface area contributed by atoms with Gasteiger partial charge in [0.05, 0.1) is 11.5 Å². The SMILES string of the molecule is CC[C@@H](Nc1ncccc1C)[C@H](NC[C@@H](C)c1cccc(C(C)(C)C(=O)O)c1)c1cccc(F)c1. The Labute approximate surface area is 207 Å². The predicted octanol–water partition coefficient (Wildman–Crippen LogP) is 6.22. The number of carbonyl (C=O) groups is 1. The molecule has 0 spiro atoms. The van der Waals surface area contributed by atoms with Crippen LogP contribution in [0.1, 0.15) is 68.3 Å². The molecule has 0 amide bonds. The van der Waals surface area contributed by atoms with Crippen molar-refractivity contribution in [1.29, 1.82) is 0 Å². The highest BCUT2D eigenvalue weighted by atomic mass is 19.1. The van der Waals surface area contributed by atoms with Gasteiger partial charge in [-0.25, -0.2) is 9.37 Å². The number of hydrogen-bond donors (Lipinski definition) is 3. The van der Waals surface area contributed by atoms with Gasteiger partial charge < -0.3 is 15.7 Å². The average Bonchev–Trinajstić information content (AvgIpc) is 2.84. The van der Waals surface area contributed by atoms with Crippen LogP contribution in [-0.2, 0) is 10.2 Å². The Kier molecular flexibility index (Phi) is 8.62. The van der Waals surface area contributed by atoms with Gasteiger partial charge in [-0.1, -0.05) is 56.3 Å². The number of nitrogens with zero attached hydrogens (tertiary/aromatic N) is 1. The number of rotatable bonds is 11. The van der Waals surface area contributed by atoms with Crippen LogP contribution in [0.25, 0.3) is 0 Å². The molecule has 0 saturated carbocycles. The van der Waals surface area contributed by atoms with E-state index >= 15 is 0 Å². The standard InChI is InChI=1S/C29H36FN3O2/c1-6-25(33-27-19(2)10-9-15-31-27)26(22-12-8-14-24(30)17-22)32-18-20(3)21-11-7-13-23(16-21)29(4,5)28(34)35/h7-17,20,25-26,32H,6,18H2,1-5H3,(H,31,33)(H,34,35)/t20-,25-,26-/m1/s1. The normalized spacial score (nSPS) is 14.2. The number of aryl methyl sites for hydroxylation is 1. The van der Waals surface area contributed by atoms with Crippen LogP contribution in [0.4, 0.5) is 10.2 Å². The van der Waals surface area contributed by atoms with Gasteiger partial charge in [-0.2, -0.15) is 0 Å². The monoisotopic (exact) mass is 477 g/mol. The fourth-order valence-electron chi connectivity index (χ4n) is 4.20. The molecule has 0 bridgehead atoms. The van der Waals surface area contributed by atoms with Crippen molar-refractivity contribution < 1.29 is 14.3 Å². The average molecular weight is 478 g/mol. The summed E-state index contributed by atoms with van der Waals surface area (Å²) >= 11 is 0. The highest BCUT2D eigenvalue weighted by molar-refractivity contribution is 5.80. The minimum absolute atomic E-state index is 0.0186. The van der Waals surface area contributed by atoms with Crippen LogP contribution in [0.3, 0.4) is 0 Å². The molecule has 0 unspecified atom stereocenters. The summed E-state index contributed by atoms with van der Waals surface area (Å²) in [6.07, 6.45) is 2.57. The van der Waals surface area contributed by atoms with Gasteiger partial charge in [0, 0.05) is 18.8 Å². The van der Waals surface area contributed by atoms with Gasteiger partial charge in [-0.15, -0.1) is 0 Å². The molecule has 5 nitrogen and oxygen atoms in total. The van der Waals surface area contributed by atoms with E-state index in [1.807, 2.05) is 49.4 Å². The van der Waals surface area contributed by atoms with Crippen LogP contribution in [0.2, 0.25) is 0 Å². The summed E-state index contributed by atoms with van der Waals surface area (Å²) in [5, 5.41) is 16.8. The first-order valence-electron chi connectivity index (χ1n) is 12.1. The molecule has 0 aliphatic rings. The minimum atomic E-state index is -0.967. The third-order valence-electron chi connectivity index (χ3n) is 6.74. The molecule has 0 aliphatic carbocycles. The molecule has 3 atom stereocenters. The van der Waals surface area contributed by atoms with Crippen molar-refractivity contribution in [2.45, 2.75) is 64.5 Å². The summed E-state index contributed by atoms with van der Waals surface area (Å²) in [5.41, 5.74) is 2.78. The molecule has 3 aromatic rings. The van der Waals surface area contributed by atoms with E-state index in [0.717, 1.165) is 34.5 Å². The van der Waals surface area contributed by atoms with Crippen LogP contribution in [0.5, 0.6) is 0 Å². The lowest BCUT2D eigenvalue weighted by Crippen LogP contribution is -2.38. The first-order chi connectivity index (χ1) is 16.6. The number of nitrogens with one attached hydrogen (secondary N) is 2. The molecule has 6 heteroatoms. The van der Waals surface area contributed by atoms with E-state index in [0.29, 0.717) is 6.54 Å². The molecular weight excluding hydrogens is 441 g/mol. The number of aromatic nitrogens is 1. The Morgan fingerprint density at radius 2 is 1.80 bits per heavy atom. The third-order valence-corrected chi connectivity index (χ3v) is 6.74. The largest absolute Gasteiger partial charge is 0.481 e. The van der Waals surface area contributed by atoms with Crippen LogP contribution < -0.4 is 10.6 Å². The zero-order valence-electron chi connectivity index (χ0n) is 21.2. The molecule has 0 fully saturated rings. The summed E-state index contributed by atoms with van der Waals surface area (Å²) in [7, 11) is 0. The van der Waals surface area contributed by atoms with Crippen LogP contribution >= 0.6 is 0 Å². The van der Waals surface area contributed by atoms with Crippen LogP contribution in [0, 0.1) is 12.7 Å². The summed E-state index contributed by atoms with van der Waals surface area (Å²) in [6.45, 7) is 10.3. The van der Waals surface area contributed by atoms with Gasteiger partial charge in [-0.05, 0) is 73.6 Å². The van der Waals surface area contributed by atoms with Gasteiger partial charge >= 0.3 is 5.97 Å². The second-order valence-corrected chi connectivity index (χ2v) is 9.73. The molecule has 0 radical (unpaired) electrons. The number of anilines is 1. The quantitative estimate of drug-likeness (QED) is 0.306. The smallest absolute Gasteiger partial charge is 0.313 e. The maximum atomic E-state index is 14.2. The van der Waals surface area contributed by atoms with Crippen molar-refractivity contribution >= 4 is 11.8 Å². The maximum absolute atomic E-state index is 14.2. The van der Waals surface area contributed by atoms with Crippen molar-refractivity contribution in [1.82, 2.24) is 10.3 Å². The van der Waals surface area contributed by atoms with Crippen molar-refractivity contribution in [2.24, 2.45) is 0 Å². The van der Waals surface area contributed by atoms with Gasteiger partial charge in [0.1, 0.15) is 11.6 Å².